The molecular weight excluding hydrogens is 481 g/mol. The van der Waals surface area contributed by atoms with Crippen LogP contribution < -0.4 is 5.32 Å². The van der Waals surface area contributed by atoms with E-state index in [2.05, 4.69) is 22.0 Å². The molecule has 0 aromatic rings. The molecule has 8 heteroatoms. The summed E-state index contributed by atoms with van der Waals surface area (Å²) in [5.41, 5.74) is -0.469. The Kier molecular flexibility index (Phi) is 11.0. The van der Waals surface area contributed by atoms with Gasteiger partial charge in [-0.15, -0.1) is 24.0 Å². The number of aliphatic imine (C=N–C) groups is 1. The van der Waals surface area contributed by atoms with Gasteiger partial charge in [0, 0.05) is 45.3 Å². The van der Waals surface area contributed by atoms with Gasteiger partial charge in [0.1, 0.15) is 5.60 Å². The van der Waals surface area contributed by atoms with E-state index in [0.29, 0.717) is 12.6 Å². The molecule has 2 heterocycles. The van der Waals surface area contributed by atoms with Gasteiger partial charge in [0.2, 0.25) is 0 Å². The monoisotopic (exact) mass is 523 g/mol. The van der Waals surface area contributed by atoms with E-state index in [1.165, 1.54) is 32.4 Å². The van der Waals surface area contributed by atoms with Crippen molar-refractivity contribution < 1.29 is 9.53 Å². The fourth-order valence-electron chi connectivity index (χ4n) is 3.83. The molecule has 0 aliphatic carbocycles. The highest BCUT2D eigenvalue weighted by Crippen LogP contribution is 2.20. The molecule has 2 atom stereocenters. The average Bonchev–Trinajstić information content (AvgIpc) is 3.29. The van der Waals surface area contributed by atoms with Crippen LogP contribution in [0.1, 0.15) is 60.3 Å². The summed E-state index contributed by atoms with van der Waals surface area (Å²) >= 11 is 0. The van der Waals surface area contributed by atoms with Crippen molar-refractivity contribution in [3.63, 3.8) is 0 Å². The van der Waals surface area contributed by atoms with E-state index < -0.39 is 5.60 Å². The normalized spacial score (nSPS) is 21.7. The number of nitrogens with zero attached hydrogens (tertiary/aromatic N) is 4. The molecule has 2 unspecified atom stereocenters. The Hall–Kier alpha value is -0.770. The van der Waals surface area contributed by atoms with Crippen LogP contribution in [0.3, 0.4) is 0 Å². The van der Waals surface area contributed by atoms with Crippen molar-refractivity contribution in [1.82, 2.24) is 20.0 Å². The van der Waals surface area contributed by atoms with Crippen LogP contribution in [0.15, 0.2) is 4.99 Å². The van der Waals surface area contributed by atoms with Crippen molar-refractivity contribution in [3.05, 3.63) is 0 Å². The lowest BCUT2D eigenvalue weighted by Gasteiger charge is -2.28. The van der Waals surface area contributed by atoms with E-state index in [-0.39, 0.29) is 36.1 Å². The van der Waals surface area contributed by atoms with Crippen LogP contribution in [-0.4, -0.2) is 90.8 Å². The highest BCUT2D eigenvalue weighted by molar-refractivity contribution is 14.0. The topological polar surface area (TPSA) is 60.4 Å². The van der Waals surface area contributed by atoms with Gasteiger partial charge in [0.25, 0.3) is 0 Å². The van der Waals surface area contributed by atoms with Crippen LogP contribution in [0.25, 0.3) is 0 Å². The Morgan fingerprint density at radius 2 is 1.93 bits per heavy atom. The van der Waals surface area contributed by atoms with Crippen LogP contribution in [0.5, 0.6) is 0 Å². The van der Waals surface area contributed by atoms with E-state index in [4.69, 9.17) is 9.73 Å². The largest absolute Gasteiger partial charge is 0.444 e. The predicted molar refractivity (Wildman–Crippen MR) is 130 cm³/mol. The molecule has 0 aromatic heterocycles. The number of ether oxygens (including phenoxy) is 1. The first-order valence-electron chi connectivity index (χ1n) is 10.9. The molecule has 2 saturated heterocycles. The summed E-state index contributed by atoms with van der Waals surface area (Å²) in [6, 6.07) is 0.751. The third kappa shape index (κ3) is 8.47. The summed E-state index contributed by atoms with van der Waals surface area (Å²) in [5, 5.41) is 3.44. The second kappa shape index (κ2) is 12.2. The van der Waals surface area contributed by atoms with Gasteiger partial charge in [-0.2, -0.15) is 0 Å². The Morgan fingerprint density at radius 1 is 1.28 bits per heavy atom. The van der Waals surface area contributed by atoms with Crippen molar-refractivity contribution in [3.8, 4) is 0 Å². The number of likely N-dealkylation sites (tertiary alicyclic amines) is 2. The Labute approximate surface area is 194 Å². The van der Waals surface area contributed by atoms with Gasteiger partial charge < -0.3 is 19.9 Å². The average molecular weight is 524 g/mol. The highest BCUT2D eigenvalue weighted by Gasteiger charge is 2.30. The van der Waals surface area contributed by atoms with Crippen LogP contribution in [0, 0.1) is 0 Å². The van der Waals surface area contributed by atoms with Crippen LogP contribution in [0.2, 0.25) is 0 Å². The summed E-state index contributed by atoms with van der Waals surface area (Å²) in [6.45, 7) is 16.0. The molecule has 170 valence electrons. The number of hydrogen-bond acceptors (Lipinski definition) is 4. The Morgan fingerprint density at radius 3 is 2.52 bits per heavy atom. The molecule has 29 heavy (non-hydrogen) atoms. The van der Waals surface area contributed by atoms with Gasteiger partial charge in [0.05, 0.1) is 0 Å². The molecule has 0 spiro atoms. The fraction of sp³-hybridized carbons (Fsp3) is 0.905. The van der Waals surface area contributed by atoms with Gasteiger partial charge in [0.15, 0.2) is 5.96 Å². The van der Waals surface area contributed by atoms with E-state index in [1.807, 2.05) is 27.7 Å². The van der Waals surface area contributed by atoms with E-state index in [9.17, 15) is 4.79 Å². The molecule has 1 amide bonds. The molecule has 2 aliphatic heterocycles. The first-order valence-corrected chi connectivity index (χ1v) is 10.9. The highest BCUT2D eigenvalue weighted by atomic mass is 127. The molecule has 7 nitrogen and oxygen atoms in total. The van der Waals surface area contributed by atoms with Crippen molar-refractivity contribution in [2.24, 2.45) is 4.99 Å². The minimum Gasteiger partial charge on any atom is -0.444 e. The molecule has 0 aromatic carbocycles. The van der Waals surface area contributed by atoms with Crippen molar-refractivity contribution >= 4 is 36.0 Å². The zero-order valence-corrected chi connectivity index (χ0v) is 21.6. The van der Waals surface area contributed by atoms with Gasteiger partial charge in [-0.1, -0.05) is 0 Å². The van der Waals surface area contributed by atoms with E-state index >= 15 is 0 Å². The number of rotatable bonds is 6. The lowest BCUT2D eigenvalue weighted by atomic mass is 10.2. The minimum absolute atomic E-state index is 0. The third-order valence-corrected chi connectivity index (χ3v) is 5.61. The fourth-order valence-corrected chi connectivity index (χ4v) is 3.83. The summed E-state index contributed by atoms with van der Waals surface area (Å²) in [5.74, 6) is 1.01. The summed E-state index contributed by atoms with van der Waals surface area (Å²) < 4.78 is 5.45. The maximum atomic E-state index is 12.2. The molecule has 1 N–H and O–H groups in total. The number of carbonyl (C=O) groups excluding carboxylic acids is 1. The number of guanidine groups is 1. The molecule has 2 fully saturated rings. The zero-order chi connectivity index (χ0) is 20.7. The van der Waals surface area contributed by atoms with E-state index in [1.54, 1.807) is 11.9 Å². The molecule has 0 bridgehead atoms. The Balaban J connectivity index is 0.00000420. The predicted octanol–water partition coefficient (Wildman–Crippen LogP) is 3.39. The lowest BCUT2D eigenvalue weighted by Crippen LogP contribution is -2.43. The smallest absolute Gasteiger partial charge is 0.410 e. The number of halogens is 1. The number of hydrogen-bond donors (Lipinski definition) is 1. The number of amides is 1. The second-order valence-electron chi connectivity index (χ2n) is 9.10. The zero-order valence-electron chi connectivity index (χ0n) is 19.2. The first-order chi connectivity index (χ1) is 13.2. The van der Waals surface area contributed by atoms with Crippen LogP contribution in [-0.2, 0) is 4.74 Å². The van der Waals surface area contributed by atoms with Crippen molar-refractivity contribution in [2.45, 2.75) is 78.0 Å². The number of carbonyl (C=O) groups is 1. The van der Waals surface area contributed by atoms with Crippen molar-refractivity contribution in [2.75, 3.05) is 46.3 Å². The molecule has 0 saturated carbocycles. The Bertz CT molecular complexity index is 532. The molecule has 2 aliphatic rings. The minimum atomic E-state index is -0.469. The SMILES string of the molecule is CCNC(=NCCC(C)N(C)C(=O)OC(C)(C)C)N1CCC(N2CCCC2)C1.I. The molecular formula is C21H42IN5O2. The molecule has 2 rings (SSSR count). The van der Waals surface area contributed by atoms with Gasteiger partial charge in [-0.25, -0.2) is 4.79 Å². The quantitative estimate of drug-likeness (QED) is 0.329. The summed E-state index contributed by atoms with van der Waals surface area (Å²) in [6.07, 6.45) is 4.45. The van der Waals surface area contributed by atoms with Crippen LogP contribution in [0.4, 0.5) is 4.79 Å². The van der Waals surface area contributed by atoms with Crippen LogP contribution >= 0.6 is 24.0 Å². The second-order valence-corrected chi connectivity index (χ2v) is 9.10. The number of nitrogens with one attached hydrogen (secondary N) is 1. The third-order valence-electron chi connectivity index (χ3n) is 5.61. The maximum Gasteiger partial charge on any atom is 0.410 e. The summed E-state index contributed by atoms with van der Waals surface area (Å²) in [4.78, 5) is 23.8. The van der Waals surface area contributed by atoms with Gasteiger partial charge in [-0.05, 0) is 73.4 Å². The lowest BCUT2D eigenvalue weighted by molar-refractivity contribution is 0.0231. The van der Waals surface area contributed by atoms with E-state index in [0.717, 1.165) is 32.0 Å². The van der Waals surface area contributed by atoms with Crippen molar-refractivity contribution in [1.29, 1.82) is 0 Å². The first kappa shape index (κ1) is 26.3. The maximum absolute atomic E-state index is 12.2. The standard InChI is InChI=1S/C21H41N5O2.HI/c1-7-22-19(26-15-11-18(16-26)25-13-8-9-14-25)23-12-10-17(2)24(6)20(27)28-21(3,4)5;/h17-18H,7-16H2,1-6H3,(H,22,23);1H. The summed E-state index contributed by atoms with van der Waals surface area (Å²) in [7, 11) is 1.80. The van der Waals surface area contributed by atoms with Gasteiger partial charge >= 0.3 is 6.09 Å². The van der Waals surface area contributed by atoms with Gasteiger partial charge in [-0.3, -0.25) is 9.89 Å². The molecule has 0 radical (unpaired) electrons.